The lowest BCUT2D eigenvalue weighted by atomic mass is 9.95. The van der Waals surface area contributed by atoms with Crippen molar-refractivity contribution in [3.8, 4) is 0 Å². The number of hydrogen-bond donors (Lipinski definition) is 1. The van der Waals surface area contributed by atoms with Crippen LogP contribution in [-0.4, -0.2) is 54.3 Å². The van der Waals surface area contributed by atoms with Crippen LogP contribution in [-0.2, 0) is 24.8 Å². The Kier molecular flexibility index (Phi) is 5.65. The lowest BCUT2D eigenvalue weighted by molar-refractivity contribution is -0.124. The van der Waals surface area contributed by atoms with E-state index in [1.165, 1.54) is 12.1 Å². The smallest absolute Gasteiger partial charge is 0.274 e. The molecule has 0 bridgehead atoms. The van der Waals surface area contributed by atoms with Gasteiger partial charge in [0.15, 0.2) is 0 Å². The number of nitrogens with one attached hydrogen (secondary N) is 1. The van der Waals surface area contributed by atoms with Crippen molar-refractivity contribution in [2.45, 2.75) is 44.2 Å². The van der Waals surface area contributed by atoms with Gasteiger partial charge in [-0.1, -0.05) is 12.1 Å². The third kappa shape index (κ3) is 4.24. The fraction of sp³-hybridized carbons (Fsp3) is 0.435. The second-order valence-electron chi connectivity index (χ2n) is 8.68. The van der Waals surface area contributed by atoms with E-state index in [4.69, 9.17) is 0 Å². The maximum absolute atomic E-state index is 13.1. The van der Waals surface area contributed by atoms with Gasteiger partial charge < -0.3 is 14.8 Å². The minimum absolute atomic E-state index is 0.0569. The number of nitrogens with zero attached hydrogens (tertiary/aromatic N) is 6. The number of piperidine rings is 1. The predicted molar refractivity (Wildman–Crippen MR) is 117 cm³/mol. The van der Waals surface area contributed by atoms with Crippen LogP contribution < -0.4 is 5.32 Å². The number of likely N-dealkylation sites (tertiary alicyclic amines) is 1. The van der Waals surface area contributed by atoms with Crippen LogP contribution >= 0.6 is 0 Å². The molecule has 33 heavy (non-hydrogen) atoms. The number of carbonyl (C=O) groups is 2. The number of aromatic nitrogens is 5. The molecule has 1 fully saturated rings. The van der Waals surface area contributed by atoms with Crippen molar-refractivity contribution in [3.05, 3.63) is 65.3 Å². The van der Waals surface area contributed by atoms with Crippen molar-refractivity contribution in [1.29, 1.82) is 0 Å². The van der Waals surface area contributed by atoms with Gasteiger partial charge in [0.1, 0.15) is 29.2 Å². The van der Waals surface area contributed by atoms with Gasteiger partial charge in [-0.25, -0.2) is 4.39 Å². The molecule has 172 valence electrons. The van der Waals surface area contributed by atoms with Gasteiger partial charge in [0.2, 0.25) is 5.91 Å². The maximum atomic E-state index is 13.1. The normalized spacial score (nSPS) is 18.4. The summed E-state index contributed by atoms with van der Waals surface area (Å²) in [6.07, 6.45) is 4.69. The number of fused-ring (bicyclic) bond motifs is 1. The van der Waals surface area contributed by atoms with Crippen molar-refractivity contribution in [1.82, 2.24) is 34.8 Å². The Hall–Kier alpha value is -3.56. The Bertz CT molecular complexity index is 1160. The monoisotopic (exact) mass is 451 g/mol. The number of halogens is 1. The van der Waals surface area contributed by atoms with Crippen molar-refractivity contribution in [3.63, 3.8) is 0 Å². The summed E-state index contributed by atoms with van der Waals surface area (Å²) in [4.78, 5) is 27.5. The van der Waals surface area contributed by atoms with Crippen LogP contribution in [0, 0.1) is 5.82 Å². The third-order valence-electron chi connectivity index (χ3n) is 6.51. The summed E-state index contributed by atoms with van der Waals surface area (Å²) >= 11 is 0. The van der Waals surface area contributed by atoms with Gasteiger partial charge in [-0.3, -0.25) is 14.3 Å². The molecule has 2 aliphatic rings. The molecule has 2 aromatic heterocycles. The van der Waals surface area contributed by atoms with Crippen molar-refractivity contribution in [2.24, 2.45) is 7.05 Å². The van der Waals surface area contributed by atoms with E-state index < -0.39 is 0 Å². The van der Waals surface area contributed by atoms with Crippen LogP contribution in [0.4, 0.5) is 4.39 Å². The van der Waals surface area contributed by atoms with Crippen molar-refractivity contribution in [2.75, 3.05) is 13.1 Å². The first-order valence-electron chi connectivity index (χ1n) is 11.2. The van der Waals surface area contributed by atoms with Crippen LogP contribution in [0.5, 0.6) is 0 Å². The van der Waals surface area contributed by atoms with Gasteiger partial charge in [-0.2, -0.15) is 5.10 Å². The molecule has 0 radical (unpaired) electrons. The molecule has 1 saturated heterocycles. The number of rotatable bonds is 5. The van der Waals surface area contributed by atoms with E-state index in [9.17, 15) is 14.0 Å². The van der Waals surface area contributed by atoms with Gasteiger partial charge in [-0.15, -0.1) is 10.2 Å². The minimum Gasteiger partial charge on any atom is -0.350 e. The Morgan fingerprint density at radius 2 is 1.85 bits per heavy atom. The molecule has 2 aliphatic heterocycles. The molecule has 0 spiro atoms. The minimum atomic E-state index is -0.348. The lowest BCUT2D eigenvalue weighted by Gasteiger charge is -2.31. The van der Waals surface area contributed by atoms with Gasteiger partial charge in [0.25, 0.3) is 5.91 Å². The first-order valence-corrected chi connectivity index (χ1v) is 11.2. The topological polar surface area (TPSA) is 97.9 Å². The summed E-state index contributed by atoms with van der Waals surface area (Å²) in [5, 5.41) is 15.9. The van der Waals surface area contributed by atoms with Crippen LogP contribution in [0.1, 0.15) is 58.9 Å². The van der Waals surface area contributed by atoms with E-state index in [-0.39, 0.29) is 29.6 Å². The van der Waals surface area contributed by atoms with E-state index >= 15 is 0 Å². The second-order valence-corrected chi connectivity index (χ2v) is 8.68. The zero-order chi connectivity index (χ0) is 22.9. The SMILES string of the molecule is Cn1ccc(C(=O)N2CCC(c3nnc4n3C(C(=O)NCc3ccc(F)cc3)CC4)CC2)n1. The highest BCUT2D eigenvalue weighted by Crippen LogP contribution is 2.34. The molecular weight excluding hydrogens is 425 g/mol. The summed E-state index contributed by atoms with van der Waals surface area (Å²) in [6, 6.07) is 7.49. The highest BCUT2D eigenvalue weighted by molar-refractivity contribution is 5.92. The Balaban J connectivity index is 1.23. The second kappa shape index (κ2) is 8.76. The highest BCUT2D eigenvalue weighted by Gasteiger charge is 2.36. The number of benzene rings is 1. The number of amides is 2. The highest BCUT2D eigenvalue weighted by atomic mass is 19.1. The van der Waals surface area contributed by atoms with Gasteiger partial charge in [-0.05, 0) is 43.0 Å². The van der Waals surface area contributed by atoms with E-state index in [1.54, 1.807) is 36.1 Å². The molecule has 4 heterocycles. The molecule has 1 N–H and O–H groups in total. The maximum Gasteiger partial charge on any atom is 0.274 e. The standard InChI is InChI=1S/C23H26FN7O2/c1-29-11-10-18(28-29)23(33)30-12-8-16(9-13-30)21-27-26-20-7-6-19(31(20)21)22(32)25-14-15-2-4-17(24)5-3-15/h2-5,10-11,16,19H,6-9,12-14H2,1H3,(H,25,32). The number of carbonyl (C=O) groups excluding carboxylic acids is 2. The summed E-state index contributed by atoms with van der Waals surface area (Å²) in [5.41, 5.74) is 1.30. The molecule has 5 rings (SSSR count). The quantitative estimate of drug-likeness (QED) is 0.640. The molecule has 0 saturated carbocycles. The van der Waals surface area contributed by atoms with E-state index in [1.807, 2.05) is 9.47 Å². The van der Waals surface area contributed by atoms with E-state index in [0.717, 1.165) is 30.1 Å². The first-order chi connectivity index (χ1) is 16.0. The van der Waals surface area contributed by atoms with Crippen LogP contribution in [0.15, 0.2) is 36.5 Å². The molecule has 1 aromatic carbocycles. The molecule has 1 unspecified atom stereocenters. The molecule has 2 amide bonds. The average Bonchev–Trinajstić information content (AvgIpc) is 3.55. The number of hydrogen-bond acceptors (Lipinski definition) is 5. The molecule has 1 atom stereocenters. The summed E-state index contributed by atoms with van der Waals surface area (Å²) in [7, 11) is 1.79. The largest absolute Gasteiger partial charge is 0.350 e. The molecule has 0 aliphatic carbocycles. The molecule has 10 heteroatoms. The lowest BCUT2D eigenvalue weighted by Crippen LogP contribution is -2.39. The van der Waals surface area contributed by atoms with E-state index in [0.29, 0.717) is 38.2 Å². The molecule has 9 nitrogen and oxygen atoms in total. The fourth-order valence-corrected chi connectivity index (χ4v) is 4.71. The van der Waals surface area contributed by atoms with Gasteiger partial charge in [0, 0.05) is 45.2 Å². The summed E-state index contributed by atoms with van der Waals surface area (Å²) in [5.74, 6) is 1.37. The Morgan fingerprint density at radius 3 is 2.55 bits per heavy atom. The predicted octanol–water partition coefficient (Wildman–Crippen LogP) is 1.97. The fourth-order valence-electron chi connectivity index (χ4n) is 4.71. The van der Waals surface area contributed by atoms with Crippen LogP contribution in [0.2, 0.25) is 0 Å². The third-order valence-corrected chi connectivity index (χ3v) is 6.51. The van der Waals surface area contributed by atoms with Crippen LogP contribution in [0.3, 0.4) is 0 Å². The first kappa shape index (κ1) is 21.3. The number of aryl methyl sites for hydroxylation is 2. The Labute approximate surface area is 190 Å². The Morgan fingerprint density at radius 1 is 1.09 bits per heavy atom. The van der Waals surface area contributed by atoms with Crippen LogP contribution in [0.25, 0.3) is 0 Å². The van der Waals surface area contributed by atoms with Gasteiger partial charge >= 0.3 is 0 Å². The molecule has 3 aromatic rings. The summed E-state index contributed by atoms with van der Waals surface area (Å²) < 4.78 is 16.7. The zero-order valence-electron chi connectivity index (χ0n) is 18.4. The van der Waals surface area contributed by atoms with Crippen molar-refractivity contribution < 1.29 is 14.0 Å². The molecular formula is C23H26FN7O2. The summed E-state index contributed by atoms with van der Waals surface area (Å²) in [6.45, 7) is 1.57. The van der Waals surface area contributed by atoms with E-state index in [2.05, 4.69) is 20.6 Å². The average molecular weight is 452 g/mol. The van der Waals surface area contributed by atoms with Gasteiger partial charge in [0.05, 0.1) is 0 Å². The van der Waals surface area contributed by atoms with Crippen molar-refractivity contribution >= 4 is 11.8 Å². The zero-order valence-corrected chi connectivity index (χ0v) is 18.4.